The quantitative estimate of drug-likeness (QED) is 0.761. The van der Waals surface area contributed by atoms with Gasteiger partial charge in [0.1, 0.15) is 6.10 Å². The molecule has 1 aliphatic carbocycles. The molecule has 94 valence electrons. The summed E-state index contributed by atoms with van der Waals surface area (Å²) in [5, 5.41) is 1.98. The fourth-order valence-corrected chi connectivity index (χ4v) is 3.60. The van der Waals surface area contributed by atoms with Gasteiger partial charge in [-0.1, -0.05) is 19.3 Å². The second-order valence-electron chi connectivity index (χ2n) is 4.85. The summed E-state index contributed by atoms with van der Waals surface area (Å²) in [5.41, 5.74) is 1.08. The predicted octanol–water partition coefficient (Wildman–Crippen LogP) is 3.83. The SMILES string of the molecule is COC(C(=O)c1sccc1C)C1CCCCC1. The van der Waals surface area contributed by atoms with Crippen LogP contribution in [0.5, 0.6) is 0 Å². The van der Waals surface area contributed by atoms with Gasteiger partial charge in [0.2, 0.25) is 5.78 Å². The van der Waals surface area contributed by atoms with E-state index in [4.69, 9.17) is 4.74 Å². The van der Waals surface area contributed by atoms with Gasteiger partial charge in [0.05, 0.1) is 4.88 Å². The maximum absolute atomic E-state index is 12.4. The Kier molecular flexibility index (Phi) is 4.35. The summed E-state index contributed by atoms with van der Waals surface area (Å²) in [6.45, 7) is 2.00. The standard InChI is InChI=1S/C14H20O2S/c1-10-8-9-17-14(10)12(15)13(16-2)11-6-4-3-5-7-11/h8-9,11,13H,3-7H2,1-2H3. The van der Waals surface area contributed by atoms with E-state index >= 15 is 0 Å². The summed E-state index contributed by atoms with van der Waals surface area (Å²) in [6.07, 6.45) is 5.82. The van der Waals surface area contributed by atoms with Gasteiger partial charge in [0.25, 0.3) is 0 Å². The van der Waals surface area contributed by atoms with Crippen molar-refractivity contribution in [3.05, 3.63) is 21.9 Å². The van der Waals surface area contributed by atoms with Crippen LogP contribution in [0.1, 0.15) is 47.3 Å². The van der Waals surface area contributed by atoms with Gasteiger partial charge < -0.3 is 4.74 Å². The van der Waals surface area contributed by atoms with Gasteiger partial charge in [-0.05, 0) is 42.7 Å². The fourth-order valence-electron chi connectivity index (χ4n) is 2.70. The first-order valence-electron chi connectivity index (χ1n) is 6.35. The molecule has 1 fully saturated rings. The molecule has 0 saturated heterocycles. The third-order valence-corrected chi connectivity index (χ3v) is 4.71. The number of aryl methyl sites for hydroxylation is 1. The highest BCUT2D eigenvalue weighted by atomic mass is 32.1. The number of ether oxygens (including phenoxy) is 1. The van der Waals surface area contributed by atoms with Gasteiger partial charge in [-0.25, -0.2) is 0 Å². The van der Waals surface area contributed by atoms with Crippen molar-refractivity contribution in [1.82, 2.24) is 0 Å². The van der Waals surface area contributed by atoms with Gasteiger partial charge in [-0.3, -0.25) is 4.79 Å². The van der Waals surface area contributed by atoms with Crippen molar-refractivity contribution in [3.63, 3.8) is 0 Å². The normalized spacial score (nSPS) is 19.2. The lowest BCUT2D eigenvalue weighted by Gasteiger charge is -2.28. The van der Waals surface area contributed by atoms with Gasteiger partial charge >= 0.3 is 0 Å². The number of Topliss-reactive ketones (excluding diaryl/α,β-unsaturated/α-hetero) is 1. The molecular formula is C14H20O2S. The second kappa shape index (κ2) is 5.78. The Labute approximate surface area is 107 Å². The molecule has 1 heterocycles. The van der Waals surface area contributed by atoms with Crippen molar-refractivity contribution >= 4 is 17.1 Å². The number of carbonyl (C=O) groups is 1. The second-order valence-corrected chi connectivity index (χ2v) is 5.77. The van der Waals surface area contributed by atoms with E-state index in [1.165, 1.54) is 30.6 Å². The molecule has 3 heteroatoms. The number of carbonyl (C=O) groups excluding carboxylic acids is 1. The van der Waals surface area contributed by atoms with E-state index in [0.717, 1.165) is 23.3 Å². The summed E-state index contributed by atoms with van der Waals surface area (Å²) in [6, 6.07) is 2.01. The van der Waals surface area contributed by atoms with Crippen molar-refractivity contribution in [3.8, 4) is 0 Å². The minimum Gasteiger partial charge on any atom is -0.373 e. The van der Waals surface area contributed by atoms with Crippen LogP contribution < -0.4 is 0 Å². The van der Waals surface area contributed by atoms with E-state index in [1.54, 1.807) is 7.11 Å². The molecule has 17 heavy (non-hydrogen) atoms. The summed E-state index contributed by atoms with van der Waals surface area (Å²) in [4.78, 5) is 13.3. The molecule has 1 aromatic heterocycles. The van der Waals surface area contributed by atoms with Crippen molar-refractivity contribution in [1.29, 1.82) is 0 Å². The van der Waals surface area contributed by atoms with E-state index in [2.05, 4.69) is 0 Å². The lowest BCUT2D eigenvalue weighted by atomic mass is 9.83. The fraction of sp³-hybridized carbons (Fsp3) is 0.643. The zero-order valence-electron chi connectivity index (χ0n) is 10.6. The molecule has 0 bridgehead atoms. The zero-order chi connectivity index (χ0) is 12.3. The van der Waals surface area contributed by atoms with Gasteiger partial charge in [-0.2, -0.15) is 0 Å². The Hall–Kier alpha value is -0.670. The van der Waals surface area contributed by atoms with Gasteiger partial charge in [0.15, 0.2) is 0 Å². The molecular weight excluding hydrogens is 232 g/mol. The van der Waals surface area contributed by atoms with Crippen LogP contribution in [0.3, 0.4) is 0 Å². The summed E-state index contributed by atoms with van der Waals surface area (Å²) < 4.78 is 5.49. The summed E-state index contributed by atoms with van der Waals surface area (Å²) >= 11 is 1.54. The number of ketones is 1. The zero-order valence-corrected chi connectivity index (χ0v) is 11.4. The highest BCUT2D eigenvalue weighted by Crippen LogP contribution is 2.31. The largest absolute Gasteiger partial charge is 0.373 e. The van der Waals surface area contributed by atoms with Crippen LogP contribution in [-0.4, -0.2) is 19.0 Å². The maximum atomic E-state index is 12.4. The third-order valence-electron chi connectivity index (χ3n) is 3.68. The van der Waals surface area contributed by atoms with Gasteiger partial charge in [-0.15, -0.1) is 11.3 Å². The number of hydrogen-bond donors (Lipinski definition) is 0. The minimum absolute atomic E-state index is 0.187. The highest BCUT2D eigenvalue weighted by molar-refractivity contribution is 7.12. The first kappa shape index (κ1) is 12.8. The lowest BCUT2D eigenvalue weighted by molar-refractivity contribution is 0.0317. The Morgan fingerprint density at radius 1 is 1.41 bits per heavy atom. The topological polar surface area (TPSA) is 26.3 Å². The Bertz CT molecular complexity index is 377. The molecule has 2 rings (SSSR count). The van der Waals surface area contributed by atoms with Crippen LogP contribution in [0.4, 0.5) is 0 Å². The van der Waals surface area contributed by atoms with Gasteiger partial charge in [0, 0.05) is 7.11 Å². The molecule has 1 aromatic rings. The molecule has 1 aliphatic rings. The average molecular weight is 252 g/mol. The lowest BCUT2D eigenvalue weighted by Crippen LogP contribution is -2.33. The van der Waals surface area contributed by atoms with Crippen LogP contribution in [0.2, 0.25) is 0 Å². The number of methoxy groups -OCH3 is 1. The van der Waals surface area contributed by atoms with Crippen LogP contribution in [0.15, 0.2) is 11.4 Å². The monoisotopic (exact) mass is 252 g/mol. The third kappa shape index (κ3) is 2.78. The summed E-state index contributed by atoms with van der Waals surface area (Å²) in [7, 11) is 1.67. The molecule has 1 saturated carbocycles. The molecule has 1 unspecified atom stereocenters. The van der Waals surface area contributed by atoms with Crippen LogP contribution in [0.25, 0.3) is 0 Å². The van der Waals surface area contributed by atoms with E-state index in [0.29, 0.717) is 5.92 Å². The van der Waals surface area contributed by atoms with Crippen LogP contribution >= 0.6 is 11.3 Å². The maximum Gasteiger partial charge on any atom is 0.201 e. The van der Waals surface area contributed by atoms with Crippen LogP contribution in [-0.2, 0) is 4.74 Å². The van der Waals surface area contributed by atoms with Crippen molar-refractivity contribution in [2.45, 2.75) is 45.1 Å². The Balaban J connectivity index is 2.12. The predicted molar refractivity (Wildman–Crippen MR) is 70.8 cm³/mol. The molecule has 0 N–H and O–H groups in total. The van der Waals surface area contributed by atoms with E-state index in [9.17, 15) is 4.79 Å². The molecule has 0 spiro atoms. The highest BCUT2D eigenvalue weighted by Gasteiger charge is 2.31. The minimum atomic E-state index is -0.229. The van der Waals surface area contributed by atoms with E-state index in [-0.39, 0.29) is 11.9 Å². The van der Waals surface area contributed by atoms with Crippen molar-refractivity contribution in [2.24, 2.45) is 5.92 Å². The molecule has 0 amide bonds. The summed E-state index contributed by atoms with van der Waals surface area (Å²) in [5.74, 6) is 0.606. The van der Waals surface area contributed by atoms with Crippen molar-refractivity contribution < 1.29 is 9.53 Å². The first-order valence-corrected chi connectivity index (χ1v) is 7.23. The molecule has 0 radical (unpaired) electrons. The number of thiophene rings is 1. The van der Waals surface area contributed by atoms with E-state index in [1.807, 2.05) is 18.4 Å². The van der Waals surface area contributed by atoms with E-state index < -0.39 is 0 Å². The molecule has 2 nitrogen and oxygen atoms in total. The van der Waals surface area contributed by atoms with Crippen molar-refractivity contribution in [2.75, 3.05) is 7.11 Å². The molecule has 0 aliphatic heterocycles. The van der Waals surface area contributed by atoms with Crippen LogP contribution in [0, 0.1) is 12.8 Å². The molecule has 1 atom stereocenters. The first-order chi connectivity index (χ1) is 8.24. The average Bonchev–Trinajstić information content (AvgIpc) is 2.77. The number of hydrogen-bond acceptors (Lipinski definition) is 3. The molecule has 0 aromatic carbocycles. The Morgan fingerprint density at radius 3 is 2.65 bits per heavy atom. The Morgan fingerprint density at radius 2 is 2.12 bits per heavy atom. The number of rotatable bonds is 4. The smallest absolute Gasteiger partial charge is 0.201 e.